The highest BCUT2D eigenvalue weighted by molar-refractivity contribution is 7.19. The van der Waals surface area contributed by atoms with Crippen LogP contribution in [0.15, 0.2) is 48.5 Å². The molecule has 0 saturated heterocycles. The molecule has 0 aliphatic carbocycles. The van der Waals surface area contributed by atoms with Crippen molar-refractivity contribution in [3.63, 3.8) is 0 Å². The summed E-state index contributed by atoms with van der Waals surface area (Å²) in [7, 11) is 0. The van der Waals surface area contributed by atoms with Gasteiger partial charge in [-0.25, -0.2) is 0 Å². The normalized spacial score (nSPS) is 12.7. The van der Waals surface area contributed by atoms with Crippen molar-refractivity contribution in [2.45, 2.75) is 33.4 Å². The quantitative estimate of drug-likeness (QED) is 0.682. The number of benzene rings is 2. The van der Waals surface area contributed by atoms with Crippen molar-refractivity contribution >= 4 is 21.4 Å². The van der Waals surface area contributed by atoms with Crippen LogP contribution in [0.4, 0.5) is 0 Å². The van der Waals surface area contributed by atoms with Gasteiger partial charge in [-0.3, -0.25) is 0 Å². The Balaban J connectivity index is 1.78. The Morgan fingerprint density at radius 3 is 2.62 bits per heavy atom. The van der Waals surface area contributed by atoms with E-state index in [-0.39, 0.29) is 0 Å². The molecule has 0 bridgehead atoms. The van der Waals surface area contributed by atoms with Crippen LogP contribution in [-0.2, 0) is 6.54 Å². The van der Waals surface area contributed by atoms with Gasteiger partial charge < -0.3 is 5.32 Å². The van der Waals surface area contributed by atoms with Crippen molar-refractivity contribution in [3.05, 3.63) is 70.1 Å². The molecule has 0 radical (unpaired) electrons. The van der Waals surface area contributed by atoms with Gasteiger partial charge in [0.05, 0.1) is 0 Å². The fourth-order valence-corrected chi connectivity index (χ4v) is 4.03. The van der Waals surface area contributed by atoms with Crippen molar-refractivity contribution < 1.29 is 0 Å². The molecule has 2 aromatic carbocycles. The first kappa shape index (κ1) is 14.3. The molecule has 0 fully saturated rings. The number of hydrogen-bond donors (Lipinski definition) is 1. The minimum atomic E-state index is 0.378. The summed E-state index contributed by atoms with van der Waals surface area (Å²) in [6.45, 7) is 7.55. The van der Waals surface area contributed by atoms with E-state index in [0.717, 1.165) is 6.54 Å². The molecule has 0 saturated carbocycles. The minimum absolute atomic E-state index is 0.378. The van der Waals surface area contributed by atoms with Crippen LogP contribution in [0.1, 0.15) is 34.5 Å². The monoisotopic (exact) mass is 295 g/mol. The maximum atomic E-state index is 3.65. The molecule has 108 valence electrons. The molecule has 0 spiro atoms. The van der Waals surface area contributed by atoms with Crippen LogP contribution < -0.4 is 5.32 Å². The van der Waals surface area contributed by atoms with Crippen molar-refractivity contribution in [1.29, 1.82) is 0 Å². The number of fused-ring (bicyclic) bond motifs is 1. The fraction of sp³-hybridized carbons (Fsp3) is 0.263. The van der Waals surface area contributed by atoms with Gasteiger partial charge in [-0.15, -0.1) is 11.3 Å². The summed E-state index contributed by atoms with van der Waals surface area (Å²) in [4.78, 5) is 1.45. The Kier molecular flexibility index (Phi) is 4.09. The van der Waals surface area contributed by atoms with E-state index < -0.39 is 0 Å². The lowest BCUT2D eigenvalue weighted by Gasteiger charge is -2.14. The van der Waals surface area contributed by atoms with Gasteiger partial charge in [-0.05, 0) is 43.4 Å². The maximum absolute atomic E-state index is 3.65. The average molecular weight is 295 g/mol. The van der Waals surface area contributed by atoms with Crippen molar-refractivity contribution in [1.82, 2.24) is 5.32 Å². The zero-order valence-corrected chi connectivity index (χ0v) is 13.6. The Hall–Kier alpha value is -1.64. The van der Waals surface area contributed by atoms with Crippen LogP contribution in [0.25, 0.3) is 10.1 Å². The topological polar surface area (TPSA) is 12.0 Å². The number of hydrogen-bond acceptors (Lipinski definition) is 2. The third-order valence-corrected chi connectivity index (χ3v) is 5.42. The summed E-state index contributed by atoms with van der Waals surface area (Å²) in [6, 6.07) is 17.8. The van der Waals surface area contributed by atoms with E-state index in [2.05, 4.69) is 74.6 Å². The molecule has 1 nitrogen and oxygen atoms in total. The smallest absolute Gasteiger partial charge is 0.0391 e. The molecule has 1 unspecified atom stereocenters. The molecule has 1 heterocycles. The SMILES string of the molecule is Cc1cccc(CNC(C)c2sc3ccccc3c2C)c1. The molecule has 0 aliphatic rings. The van der Waals surface area contributed by atoms with Crippen LogP contribution in [0.5, 0.6) is 0 Å². The van der Waals surface area contributed by atoms with Crippen LogP contribution in [0.3, 0.4) is 0 Å². The number of thiophene rings is 1. The first-order valence-corrected chi connectivity index (χ1v) is 8.24. The van der Waals surface area contributed by atoms with E-state index >= 15 is 0 Å². The lowest BCUT2D eigenvalue weighted by Crippen LogP contribution is -2.17. The molecule has 3 rings (SSSR count). The molecule has 2 heteroatoms. The highest BCUT2D eigenvalue weighted by Gasteiger charge is 2.13. The van der Waals surface area contributed by atoms with Gasteiger partial charge >= 0.3 is 0 Å². The van der Waals surface area contributed by atoms with Crippen LogP contribution in [-0.4, -0.2) is 0 Å². The third-order valence-electron chi connectivity index (χ3n) is 3.97. The second kappa shape index (κ2) is 6.00. The first-order valence-electron chi connectivity index (χ1n) is 7.42. The van der Waals surface area contributed by atoms with Crippen molar-refractivity contribution in [2.24, 2.45) is 0 Å². The molecule has 1 aromatic heterocycles. The van der Waals surface area contributed by atoms with Crippen molar-refractivity contribution in [2.75, 3.05) is 0 Å². The standard InChI is InChI=1S/C19H21NS/c1-13-7-6-8-16(11-13)12-20-15(3)19-14(2)17-9-4-5-10-18(17)21-19/h4-11,15,20H,12H2,1-3H3. The highest BCUT2D eigenvalue weighted by Crippen LogP contribution is 2.34. The van der Waals surface area contributed by atoms with Gasteiger partial charge in [0.25, 0.3) is 0 Å². The molecular formula is C19H21NS. The molecule has 1 N–H and O–H groups in total. The van der Waals surface area contributed by atoms with Gasteiger partial charge in [0, 0.05) is 22.2 Å². The molecule has 1 atom stereocenters. The molecule has 21 heavy (non-hydrogen) atoms. The predicted octanol–water partition coefficient (Wildman–Crippen LogP) is 5.37. The zero-order chi connectivity index (χ0) is 14.8. The van der Waals surface area contributed by atoms with Gasteiger partial charge in [0.1, 0.15) is 0 Å². The second-order valence-corrected chi connectivity index (χ2v) is 6.76. The fourth-order valence-electron chi connectivity index (χ4n) is 2.79. The van der Waals surface area contributed by atoms with E-state index in [4.69, 9.17) is 0 Å². The van der Waals surface area contributed by atoms with Crippen molar-refractivity contribution in [3.8, 4) is 0 Å². The van der Waals surface area contributed by atoms with Gasteiger partial charge in [0.15, 0.2) is 0 Å². The molecule has 0 aliphatic heterocycles. The number of rotatable bonds is 4. The third kappa shape index (κ3) is 3.02. The largest absolute Gasteiger partial charge is 0.305 e. The predicted molar refractivity (Wildman–Crippen MR) is 93.0 cm³/mol. The zero-order valence-electron chi connectivity index (χ0n) is 12.8. The average Bonchev–Trinajstić information content (AvgIpc) is 2.83. The minimum Gasteiger partial charge on any atom is -0.305 e. The van der Waals surface area contributed by atoms with E-state index in [0.29, 0.717) is 6.04 Å². The Morgan fingerprint density at radius 1 is 1.05 bits per heavy atom. The summed E-state index contributed by atoms with van der Waals surface area (Å²) < 4.78 is 1.38. The highest BCUT2D eigenvalue weighted by atomic mass is 32.1. The van der Waals surface area contributed by atoms with Gasteiger partial charge in [0.2, 0.25) is 0 Å². The summed E-state index contributed by atoms with van der Waals surface area (Å²) >= 11 is 1.91. The van der Waals surface area contributed by atoms with E-state index in [1.165, 1.54) is 31.7 Å². The lowest BCUT2D eigenvalue weighted by molar-refractivity contribution is 0.581. The molecule has 0 amide bonds. The Morgan fingerprint density at radius 2 is 1.86 bits per heavy atom. The Labute approximate surface area is 130 Å². The maximum Gasteiger partial charge on any atom is 0.0391 e. The van der Waals surface area contributed by atoms with Crippen LogP contribution in [0.2, 0.25) is 0 Å². The lowest BCUT2D eigenvalue weighted by atomic mass is 10.1. The first-order chi connectivity index (χ1) is 10.1. The summed E-state index contributed by atoms with van der Waals surface area (Å²) in [5.41, 5.74) is 4.08. The van der Waals surface area contributed by atoms with E-state index in [1.807, 2.05) is 11.3 Å². The van der Waals surface area contributed by atoms with Crippen LogP contribution >= 0.6 is 11.3 Å². The van der Waals surface area contributed by atoms with E-state index in [9.17, 15) is 0 Å². The number of aryl methyl sites for hydroxylation is 2. The Bertz CT molecular complexity index is 757. The summed E-state index contributed by atoms with van der Waals surface area (Å²) in [6.07, 6.45) is 0. The summed E-state index contributed by atoms with van der Waals surface area (Å²) in [5, 5.41) is 5.05. The van der Waals surface area contributed by atoms with Gasteiger partial charge in [-0.2, -0.15) is 0 Å². The summed E-state index contributed by atoms with van der Waals surface area (Å²) in [5.74, 6) is 0. The van der Waals surface area contributed by atoms with Crippen LogP contribution in [0, 0.1) is 13.8 Å². The molecular weight excluding hydrogens is 274 g/mol. The van der Waals surface area contributed by atoms with E-state index in [1.54, 1.807) is 0 Å². The van der Waals surface area contributed by atoms with Gasteiger partial charge in [-0.1, -0.05) is 48.0 Å². The molecule has 3 aromatic rings. The second-order valence-electron chi connectivity index (χ2n) is 5.68. The number of nitrogens with one attached hydrogen (secondary N) is 1.